The zero-order chi connectivity index (χ0) is 13.1. The second kappa shape index (κ2) is 4.80. The van der Waals surface area contributed by atoms with Gasteiger partial charge in [-0.1, -0.05) is 11.6 Å². The molecule has 0 spiro atoms. The predicted molar refractivity (Wildman–Crippen MR) is 64.0 cm³/mol. The third-order valence-corrected chi connectivity index (χ3v) is 2.21. The summed E-state index contributed by atoms with van der Waals surface area (Å²) in [5.74, 6) is 0.110. The zero-order valence-corrected chi connectivity index (χ0v) is 9.51. The fraction of sp³-hybridized carbons (Fsp3) is 0. The van der Waals surface area contributed by atoms with Crippen LogP contribution in [0.25, 0.3) is 0 Å². The fourth-order valence-electron chi connectivity index (χ4n) is 1.22. The van der Waals surface area contributed by atoms with Gasteiger partial charge in [0.1, 0.15) is 5.82 Å². The Hall–Kier alpha value is -2.48. The molecule has 0 radical (unpaired) electrons. The summed E-state index contributed by atoms with van der Waals surface area (Å²) in [7, 11) is 0. The van der Waals surface area contributed by atoms with Crippen molar-refractivity contribution in [1.82, 2.24) is 15.0 Å². The van der Waals surface area contributed by atoms with Crippen molar-refractivity contribution in [1.29, 1.82) is 0 Å². The summed E-state index contributed by atoms with van der Waals surface area (Å²) in [6.45, 7) is 0. The Bertz CT molecular complexity index is 639. The van der Waals surface area contributed by atoms with Crippen LogP contribution in [0.3, 0.4) is 0 Å². The molecule has 92 valence electrons. The average molecular weight is 268 g/mol. The smallest absolute Gasteiger partial charge is 0.319 e. The molecule has 0 aliphatic heterocycles. The van der Waals surface area contributed by atoms with Crippen LogP contribution in [-0.2, 0) is 0 Å². The number of rotatable bonds is 3. The van der Waals surface area contributed by atoms with Gasteiger partial charge in [0.25, 0.3) is 0 Å². The number of aromatic nitrogens is 3. The highest BCUT2D eigenvalue weighted by Gasteiger charge is 2.20. The lowest BCUT2D eigenvalue weighted by molar-refractivity contribution is -0.385. The third kappa shape index (κ3) is 2.43. The number of anilines is 2. The van der Waals surface area contributed by atoms with Crippen molar-refractivity contribution in [2.75, 3.05) is 5.32 Å². The van der Waals surface area contributed by atoms with Crippen LogP contribution in [0.5, 0.6) is 0 Å². The maximum Gasteiger partial charge on any atom is 0.376 e. The molecule has 0 aromatic carbocycles. The number of aromatic amines is 1. The number of nitrogens with one attached hydrogen (secondary N) is 2. The molecule has 0 aliphatic carbocycles. The van der Waals surface area contributed by atoms with Gasteiger partial charge in [0, 0.05) is 6.20 Å². The molecule has 2 rings (SSSR count). The lowest BCUT2D eigenvalue weighted by atomic mass is 10.4. The molecule has 0 fully saturated rings. The molecule has 0 amide bonds. The van der Waals surface area contributed by atoms with Gasteiger partial charge in [0.2, 0.25) is 5.82 Å². The van der Waals surface area contributed by atoms with Crippen molar-refractivity contribution < 1.29 is 4.92 Å². The molecule has 9 heteroatoms. The Morgan fingerprint density at radius 1 is 1.39 bits per heavy atom. The molecular formula is C9H6ClN5O3. The van der Waals surface area contributed by atoms with Gasteiger partial charge in [0.05, 0.1) is 16.3 Å². The van der Waals surface area contributed by atoms with Gasteiger partial charge in [0.15, 0.2) is 0 Å². The van der Waals surface area contributed by atoms with Crippen molar-refractivity contribution in [3.05, 3.63) is 50.1 Å². The molecule has 2 aromatic heterocycles. The van der Waals surface area contributed by atoms with Crippen LogP contribution in [0.4, 0.5) is 17.3 Å². The first-order valence-electron chi connectivity index (χ1n) is 4.68. The second-order valence-electron chi connectivity index (χ2n) is 3.17. The first kappa shape index (κ1) is 12.0. The molecule has 0 aliphatic rings. The summed E-state index contributed by atoms with van der Waals surface area (Å²) in [6, 6.07) is 3.06. The van der Waals surface area contributed by atoms with E-state index in [-0.39, 0.29) is 5.82 Å². The van der Waals surface area contributed by atoms with E-state index in [0.717, 1.165) is 6.33 Å². The highest BCUT2D eigenvalue weighted by atomic mass is 35.5. The van der Waals surface area contributed by atoms with Gasteiger partial charge in [-0.2, -0.15) is 0 Å². The van der Waals surface area contributed by atoms with Gasteiger partial charge in [-0.05, 0) is 12.1 Å². The van der Waals surface area contributed by atoms with E-state index in [0.29, 0.717) is 10.8 Å². The van der Waals surface area contributed by atoms with Crippen molar-refractivity contribution in [2.24, 2.45) is 0 Å². The number of halogens is 1. The van der Waals surface area contributed by atoms with Gasteiger partial charge in [-0.3, -0.25) is 14.9 Å². The molecule has 2 aromatic rings. The lowest BCUT2D eigenvalue weighted by Crippen LogP contribution is -2.14. The van der Waals surface area contributed by atoms with E-state index < -0.39 is 16.2 Å². The summed E-state index contributed by atoms with van der Waals surface area (Å²) < 4.78 is 0. The largest absolute Gasteiger partial charge is 0.376 e. The van der Waals surface area contributed by atoms with E-state index in [2.05, 4.69) is 20.3 Å². The first-order chi connectivity index (χ1) is 8.58. The minimum absolute atomic E-state index is 0.182. The standard InChI is InChI=1S/C9H6ClN5O3/c10-5-1-2-6(11-3-5)14-8-7(15(17)18)9(16)13-4-12-8/h1-4H,(H2,11,12,13,14,16). The Morgan fingerprint density at radius 2 is 2.17 bits per heavy atom. The van der Waals surface area contributed by atoms with Gasteiger partial charge >= 0.3 is 11.2 Å². The van der Waals surface area contributed by atoms with Crippen LogP contribution in [-0.4, -0.2) is 19.9 Å². The summed E-state index contributed by atoms with van der Waals surface area (Å²) in [5.41, 5.74) is -1.51. The normalized spacial score (nSPS) is 10.1. The van der Waals surface area contributed by atoms with Crippen LogP contribution in [0, 0.1) is 10.1 Å². The van der Waals surface area contributed by atoms with Crippen molar-refractivity contribution in [3.63, 3.8) is 0 Å². The number of pyridine rings is 1. The Morgan fingerprint density at radius 3 is 2.78 bits per heavy atom. The van der Waals surface area contributed by atoms with Crippen LogP contribution in [0.15, 0.2) is 29.5 Å². The monoisotopic (exact) mass is 267 g/mol. The Balaban J connectivity index is 2.40. The van der Waals surface area contributed by atoms with Crippen molar-refractivity contribution >= 4 is 28.9 Å². The maximum absolute atomic E-state index is 11.3. The minimum Gasteiger partial charge on any atom is -0.319 e. The third-order valence-electron chi connectivity index (χ3n) is 1.99. The zero-order valence-electron chi connectivity index (χ0n) is 8.75. The maximum atomic E-state index is 11.3. The van der Waals surface area contributed by atoms with Crippen LogP contribution in [0.2, 0.25) is 5.02 Å². The molecule has 0 saturated carbocycles. The van der Waals surface area contributed by atoms with E-state index in [1.165, 1.54) is 12.3 Å². The van der Waals surface area contributed by atoms with E-state index in [9.17, 15) is 14.9 Å². The summed E-state index contributed by atoms with van der Waals surface area (Å²) >= 11 is 5.65. The average Bonchev–Trinajstić information content (AvgIpc) is 2.32. The predicted octanol–water partition coefficient (Wildman–Crippen LogP) is 1.47. The van der Waals surface area contributed by atoms with Crippen molar-refractivity contribution in [2.45, 2.75) is 0 Å². The van der Waals surface area contributed by atoms with Gasteiger partial charge < -0.3 is 10.3 Å². The number of nitrogens with zero attached hydrogens (tertiary/aromatic N) is 3. The number of hydrogen-bond acceptors (Lipinski definition) is 6. The molecule has 0 unspecified atom stereocenters. The molecule has 2 N–H and O–H groups in total. The minimum atomic E-state index is -0.841. The van der Waals surface area contributed by atoms with E-state index in [4.69, 9.17) is 11.6 Å². The topological polar surface area (TPSA) is 114 Å². The number of hydrogen-bond donors (Lipinski definition) is 2. The summed E-state index contributed by atoms with van der Waals surface area (Å²) in [5, 5.41) is 13.8. The SMILES string of the molecule is O=c1[nH]cnc(Nc2ccc(Cl)cn2)c1[N+](=O)[O-]. The lowest BCUT2D eigenvalue weighted by Gasteiger charge is -2.03. The Kier molecular flexibility index (Phi) is 3.20. The highest BCUT2D eigenvalue weighted by Crippen LogP contribution is 2.20. The molecule has 0 saturated heterocycles. The molecule has 0 atom stereocenters. The summed E-state index contributed by atoms with van der Waals surface area (Å²) in [4.78, 5) is 31.0. The van der Waals surface area contributed by atoms with Crippen LogP contribution in [0.1, 0.15) is 0 Å². The van der Waals surface area contributed by atoms with E-state index in [1.807, 2.05) is 0 Å². The van der Waals surface area contributed by atoms with Crippen LogP contribution >= 0.6 is 11.6 Å². The van der Waals surface area contributed by atoms with Crippen molar-refractivity contribution in [3.8, 4) is 0 Å². The van der Waals surface area contributed by atoms with Gasteiger partial charge in [-0.15, -0.1) is 0 Å². The highest BCUT2D eigenvalue weighted by molar-refractivity contribution is 6.30. The number of nitro groups is 1. The van der Waals surface area contributed by atoms with E-state index in [1.54, 1.807) is 6.07 Å². The molecule has 0 bridgehead atoms. The Labute approximate surface area is 105 Å². The van der Waals surface area contributed by atoms with Crippen LogP contribution < -0.4 is 10.9 Å². The first-order valence-corrected chi connectivity index (χ1v) is 5.06. The molecule has 8 nitrogen and oxygen atoms in total. The number of H-pyrrole nitrogens is 1. The van der Waals surface area contributed by atoms with E-state index >= 15 is 0 Å². The second-order valence-corrected chi connectivity index (χ2v) is 3.61. The molecular weight excluding hydrogens is 262 g/mol. The molecule has 2 heterocycles. The fourth-order valence-corrected chi connectivity index (χ4v) is 1.34. The molecule has 18 heavy (non-hydrogen) atoms. The van der Waals surface area contributed by atoms with Gasteiger partial charge in [-0.25, -0.2) is 9.97 Å². The quantitative estimate of drug-likeness (QED) is 0.643. The summed E-state index contributed by atoms with van der Waals surface area (Å²) in [6.07, 6.45) is 2.43.